The normalized spacial score (nSPS) is 23.9. The quantitative estimate of drug-likeness (QED) is 0.768. The van der Waals surface area contributed by atoms with E-state index < -0.39 is 0 Å². The van der Waals surface area contributed by atoms with Gasteiger partial charge in [-0.1, -0.05) is 11.6 Å². The molecular weight excluding hydrogens is 344 g/mol. The highest BCUT2D eigenvalue weighted by Crippen LogP contribution is 2.25. The van der Waals surface area contributed by atoms with Crippen LogP contribution in [0, 0.1) is 6.92 Å². The van der Waals surface area contributed by atoms with Crippen molar-refractivity contribution in [1.29, 1.82) is 0 Å². The number of hydrogen-bond donors (Lipinski definition) is 0. The van der Waals surface area contributed by atoms with Gasteiger partial charge < -0.3 is 14.5 Å². The van der Waals surface area contributed by atoms with E-state index in [9.17, 15) is 9.59 Å². The number of likely N-dealkylation sites (N-methyl/N-ethyl adjacent to an activating group) is 1. The molecule has 4 heterocycles. The minimum absolute atomic E-state index is 0.0552. The number of rotatable bonds is 1. The van der Waals surface area contributed by atoms with Crippen molar-refractivity contribution >= 4 is 29.1 Å². The van der Waals surface area contributed by atoms with E-state index in [0.29, 0.717) is 48.2 Å². The molecule has 2 saturated heterocycles. The first kappa shape index (κ1) is 16.4. The second-order valence-electron chi connectivity index (χ2n) is 6.56. The predicted molar refractivity (Wildman–Crippen MR) is 91.8 cm³/mol. The highest BCUT2D eigenvalue weighted by atomic mass is 35.5. The van der Waals surface area contributed by atoms with E-state index in [1.807, 2.05) is 6.92 Å². The highest BCUT2D eigenvalue weighted by Gasteiger charge is 2.42. The summed E-state index contributed by atoms with van der Waals surface area (Å²) < 4.78 is 7.53. The number of ether oxygens (including phenoxy) is 1. The van der Waals surface area contributed by atoms with E-state index >= 15 is 0 Å². The van der Waals surface area contributed by atoms with E-state index in [1.54, 1.807) is 39.6 Å². The number of carbonyl (C=O) groups excluding carboxylic acids is 2. The standard InChI is InChI=1S/C17H19ClN4O3/c1-10-16(22-7-11(18)3-4-14(22)19-10)17(24)21-8-12-13(9-21)25-6-5-15(23)20(12)2/h3-4,7,12-13H,5-6,8-9H2,1-2H3/t12-,13-/m0/s1. The van der Waals surface area contributed by atoms with Gasteiger partial charge in [0.1, 0.15) is 11.3 Å². The average molecular weight is 363 g/mol. The van der Waals surface area contributed by atoms with Gasteiger partial charge in [0.15, 0.2) is 0 Å². The molecule has 2 aliphatic rings. The number of fused-ring (bicyclic) bond motifs is 2. The predicted octanol–water partition coefficient (Wildman–Crippen LogP) is 1.37. The minimum atomic E-state index is -0.150. The molecule has 4 rings (SSSR count). The maximum atomic E-state index is 13.1. The molecule has 8 heteroatoms. The Kier molecular flexibility index (Phi) is 3.92. The smallest absolute Gasteiger partial charge is 0.272 e. The van der Waals surface area contributed by atoms with Gasteiger partial charge in [-0.25, -0.2) is 4.98 Å². The van der Waals surface area contributed by atoms with Gasteiger partial charge in [0.2, 0.25) is 5.91 Å². The van der Waals surface area contributed by atoms with Gasteiger partial charge in [0.05, 0.1) is 35.9 Å². The lowest BCUT2D eigenvalue weighted by Crippen LogP contribution is -2.43. The maximum absolute atomic E-state index is 13.1. The molecule has 0 aliphatic carbocycles. The Bertz CT molecular complexity index is 865. The number of nitrogens with zero attached hydrogens (tertiary/aromatic N) is 4. The van der Waals surface area contributed by atoms with Crippen molar-refractivity contribution in [2.45, 2.75) is 25.5 Å². The van der Waals surface area contributed by atoms with Crippen LogP contribution < -0.4 is 0 Å². The number of aromatic nitrogens is 2. The third-order valence-electron chi connectivity index (χ3n) is 5.02. The lowest BCUT2D eigenvalue weighted by molar-refractivity contribution is -0.131. The number of pyridine rings is 1. The average Bonchev–Trinajstić information content (AvgIpc) is 3.10. The Hall–Kier alpha value is -2.12. The number of amides is 2. The highest BCUT2D eigenvalue weighted by molar-refractivity contribution is 6.30. The van der Waals surface area contributed by atoms with Gasteiger partial charge in [-0.2, -0.15) is 0 Å². The summed E-state index contributed by atoms with van der Waals surface area (Å²) in [7, 11) is 1.78. The summed E-state index contributed by atoms with van der Waals surface area (Å²) in [5, 5.41) is 0.541. The Morgan fingerprint density at radius 3 is 2.96 bits per heavy atom. The molecule has 7 nitrogen and oxygen atoms in total. The summed E-state index contributed by atoms with van der Waals surface area (Å²) in [4.78, 5) is 33.1. The van der Waals surface area contributed by atoms with Gasteiger partial charge >= 0.3 is 0 Å². The van der Waals surface area contributed by atoms with Crippen molar-refractivity contribution in [3.63, 3.8) is 0 Å². The summed E-state index contributed by atoms with van der Waals surface area (Å²) in [5.41, 5.74) is 1.84. The fraction of sp³-hybridized carbons (Fsp3) is 0.471. The van der Waals surface area contributed by atoms with Crippen molar-refractivity contribution in [2.24, 2.45) is 0 Å². The molecule has 2 fully saturated rings. The van der Waals surface area contributed by atoms with Crippen LogP contribution in [0.4, 0.5) is 0 Å². The molecule has 0 unspecified atom stereocenters. The largest absolute Gasteiger partial charge is 0.374 e. The van der Waals surface area contributed by atoms with Crippen LogP contribution in [-0.4, -0.2) is 69.9 Å². The minimum Gasteiger partial charge on any atom is -0.374 e. The Morgan fingerprint density at radius 2 is 2.16 bits per heavy atom. The van der Waals surface area contributed by atoms with Crippen molar-refractivity contribution in [1.82, 2.24) is 19.2 Å². The zero-order chi connectivity index (χ0) is 17.7. The second kappa shape index (κ2) is 6.00. The summed E-state index contributed by atoms with van der Waals surface area (Å²) in [6.45, 7) is 3.14. The van der Waals surface area contributed by atoms with Crippen molar-refractivity contribution < 1.29 is 14.3 Å². The molecule has 132 valence electrons. The van der Waals surface area contributed by atoms with Crippen LogP contribution in [0.2, 0.25) is 5.02 Å². The number of carbonyl (C=O) groups is 2. The monoisotopic (exact) mass is 362 g/mol. The topological polar surface area (TPSA) is 67.2 Å². The molecule has 2 aromatic rings. The number of imidazole rings is 1. The summed E-state index contributed by atoms with van der Waals surface area (Å²) in [6, 6.07) is 3.43. The van der Waals surface area contributed by atoms with Crippen LogP contribution in [0.25, 0.3) is 5.65 Å². The van der Waals surface area contributed by atoms with Crippen molar-refractivity contribution in [2.75, 3.05) is 26.7 Å². The van der Waals surface area contributed by atoms with E-state index in [1.165, 1.54) is 0 Å². The van der Waals surface area contributed by atoms with Crippen molar-refractivity contribution in [3.8, 4) is 0 Å². The first-order chi connectivity index (χ1) is 12.0. The Labute approximate surface area is 150 Å². The summed E-state index contributed by atoms with van der Waals surface area (Å²) >= 11 is 6.08. The molecule has 2 amide bonds. The number of hydrogen-bond acceptors (Lipinski definition) is 4. The number of halogens is 1. The lowest BCUT2D eigenvalue weighted by Gasteiger charge is -2.25. The molecule has 0 bridgehead atoms. The van der Waals surface area contributed by atoms with Crippen LogP contribution >= 0.6 is 11.6 Å². The van der Waals surface area contributed by atoms with E-state index in [4.69, 9.17) is 16.3 Å². The van der Waals surface area contributed by atoms with Crippen LogP contribution in [0.15, 0.2) is 18.3 Å². The van der Waals surface area contributed by atoms with Gasteiger partial charge in [0.25, 0.3) is 5.91 Å². The summed E-state index contributed by atoms with van der Waals surface area (Å²) in [6.07, 6.45) is 1.94. The molecule has 2 atom stereocenters. The lowest BCUT2D eigenvalue weighted by atomic mass is 10.2. The molecular formula is C17H19ClN4O3. The van der Waals surface area contributed by atoms with Crippen LogP contribution in [-0.2, 0) is 9.53 Å². The number of likely N-dealkylation sites (tertiary alicyclic amines) is 1. The molecule has 0 saturated carbocycles. The fourth-order valence-electron chi connectivity index (χ4n) is 3.66. The number of aryl methyl sites for hydroxylation is 1. The van der Waals surface area contributed by atoms with Gasteiger partial charge in [0, 0.05) is 26.3 Å². The third-order valence-corrected chi connectivity index (χ3v) is 5.25. The molecule has 2 aliphatic heterocycles. The van der Waals surface area contributed by atoms with E-state index in [-0.39, 0.29) is 24.0 Å². The third kappa shape index (κ3) is 2.67. The second-order valence-corrected chi connectivity index (χ2v) is 7.00. The fourth-order valence-corrected chi connectivity index (χ4v) is 3.82. The van der Waals surface area contributed by atoms with Crippen LogP contribution in [0.5, 0.6) is 0 Å². The zero-order valence-corrected chi connectivity index (χ0v) is 14.9. The Balaban J connectivity index is 1.66. The zero-order valence-electron chi connectivity index (χ0n) is 14.1. The van der Waals surface area contributed by atoms with Crippen LogP contribution in [0.1, 0.15) is 22.6 Å². The van der Waals surface area contributed by atoms with E-state index in [0.717, 1.165) is 0 Å². The molecule has 0 N–H and O–H groups in total. The first-order valence-corrected chi connectivity index (χ1v) is 8.64. The van der Waals surface area contributed by atoms with Gasteiger partial charge in [-0.05, 0) is 19.1 Å². The van der Waals surface area contributed by atoms with Crippen LogP contribution in [0.3, 0.4) is 0 Å². The SMILES string of the molecule is Cc1nc2ccc(Cl)cn2c1C(=O)N1C[C@@H]2OCCC(=O)N(C)[C@H]2C1. The van der Waals surface area contributed by atoms with Gasteiger partial charge in [-0.3, -0.25) is 14.0 Å². The molecule has 0 spiro atoms. The van der Waals surface area contributed by atoms with Crippen molar-refractivity contribution in [3.05, 3.63) is 34.7 Å². The Morgan fingerprint density at radius 1 is 1.36 bits per heavy atom. The molecule has 25 heavy (non-hydrogen) atoms. The van der Waals surface area contributed by atoms with Gasteiger partial charge in [-0.15, -0.1) is 0 Å². The summed E-state index contributed by atoms with van der Waals surface area (Å²) in [5.74, 6) is -0.0654. The van der Waals surface area contributed by atoms with E-state index in [2.05, 4.69) is 4.98 Å². The molecule has 0 aromatic carbocycles. The maximum Gasteiger partial charge on any atom is 0.272 e. The molecule has 0 radical (unpaired) electrons. The first-order valence-electron chi connectivity index (χ1n) is 8.26. The molecule has 2 aromatic heterocycles.